The maximum atomic E-state index is 12.0. The van der Waals surface area contributed by atoms with Crippen LogP contribution in [0, 0.1) is 0 Å². The second kappa shape index (κ2) is 42.5. The SMILES string of the molecule is ClCc1ccc(CCl)cc1.ClCc1ccc(CCl)cc1.[2H]C1([2H])CCC(=O)CO1.[2H]C1([2H])CN(Cc2ccc(CCl)cc2)C(=O)CO1.[2H]C1([2H])COCC(=O)C1.[2H]C1([2H])COCC(=O)N1Cc1ccc(CCl)cc1.[2H]C1([2H])OCCN(C([2H])([2H])c2ccc(C([2H])([2H])Cl)cc2)C1=O. The topological polar surface area (TPSA) is 141 Å². The van der Waals surface area contributed by atoms with Gasteiger partial charge in [-0.05, 0) is 68.4 Å². The van der Waals surface area contributed by atoms with Crippen LogP contribution in [-0.2, 0) is 108 Å². The molecule has 5 aliphatic heterocycles. The van der Waals surface area contributed by atoms with E-state index < -0.39 is 50.8 Å². The molecule has 446 valence electrons. The molecule has 5 aromatic rings. The summed E-state index contributed by atoms with van der Waals surface area (Å²) in [5.41, 5.74) is 8.65. The summed E-state index contributed by atoms with van der Waals surface area (Å²) < 4.78 is 128. The van der Waals surface area contributed by atoms with Crippen molar-refractivity contribution in [2.45, 2.75) is 86.3 Å². The minimum Gasteiger partial charge on any atom is -0.374 e. The summed E-state index contributed by atoms with van der Waals surface area (Å²) in [5, 5.41) is 0. The summed E-state index contributed by atoms with van der Waals surface area (Å²) in [7, 11) is 0. The van der Waals surface area contributed by atoms with E-state index in [1.165, 1.54) is 34.1 Å². The monoisotopic (exact) mass is 1280 g/mol. The number of carbonyl (C=O) groups is 5. The van der Waals surface area contributed by atoms with Gasteiger partial charge in [-0.1, -0.05) is 121 Å². The summed E-state index contributed by atoms with van der Waals surface area (Å²) in [6.45, 7) is -9.73. The number of rotatable bonds is 13. The van der Waals surface area contributed by atoms with Gasteiger partial charge in [0.05, 0.1) is 33.5 Å². The highest BCUT2D eigenvalue weighted by atomic mass is 35.5. The predicted molar refractivity (Wildman–Crippen MR) is 328 cm³/mol. The van der Waals surface area contributed by atoms with Crippen molar-refractivity contribution in [1.29, 1.82) is 0 Å². The van der Waals surface area contributed by atoms with Gasteiger partial charge in [0.1, 0.15) is 33.0 Å². The number of nitrogens with zero attached hydrogens (tertiary/aromatic N) is 3. The van der Waals surface area contributed by atoms with Crippen molar-refractivity contribution in [3.05, 3.63) is 177 Å². The Balaban J connectivity index is 0.000000245. The molecule has 13 nitrogen and oxygen atoms in total. The zero-order valence-corrected chi connectivity index (χ0v) is 50.1. The van der Waals surface area contributed by atoms with Crippen LogP contribution in [0.1, 0.15) is 100 Å². The Bertz CT molecular complexity index is 3150. The Kier molecular flexibility index (Phi) is 26.4. The smallest absolute Gasteiger partial charge is 0.248 e. The number of halogens is 7. The summed E-state index contributed by atoms with van der Waals surface area (Å²) in [5.74, 6) is -0.638. The zero-order valence-electron chi connectivity index (χ0n) is 58.8. The number of hydrogen-bond acceptors (Lipinski definition) is 10. The van der Waals surface area contributed by atoms with Crippen molar-refractivity contribution in [2.75, 3.05) is 85.5 Å². The van der Waals surface area contributed by atoms with E-state index in [-0.39, 0.29) is 113 Å². The van der Waals surface area contributed by atoms with Crippen LogP contribution in [0.3, 0.4) is 0 Å². The standard InChI is InChI=1S/3C12H14ClNO2.2C8H8Cl2.2C5H8O2/c3*13-7-10-1-3-11(4-2-10)8-14-5-6-16-9-12(14)15;2*9-5-7-1-2-8(6-10)4-3-7;2*6-5-2-1-3-7-4-5/h3*1-4H,5-9H2;2*1-4H,5-6H2;2*1-4H2/i7D2,8D2,9D2;6D2;5D2;;;3D2;1D2. The summed E-state index contributed by atoms with van der Waals surface area (Å²) in [4.78, 5) is 59.7. The van der Waals surface area contributed by atoms with Gasteiger partial charge in [-0.3, -0.25) is 24.0 Å². The highest BCUT2D eigenvalue weighted by molar-refractivity contribution is 6.18. The molecule has 0 aliphatic carbocycles. The number of morpholine rings is 3. The number of hydrogen-bond donors (Lipinski definition) is 0. The van der Waals surface area contributed by atoms with Crippen molar-refractivity contribution in [2.24, 2.45) is 0 Å². The molecule has 82 heavy (non-hydrogen) atoms. The molecule has 5 heterocycles. The predicted octanol–water partition coefficient (Wildman–Crippen LogP) is 12.4. The van der Waals surface area contributed by atoms with Crippen LogP contribution in [0.4, 0.5) is 0 Å². The summed E-state index contributed by atoms with van der Waals surface area (Å²) in [6, 6.07) is 36.3. The van der Waals surface area contributed by atoms with E-state index in [9.17, 15) is 24.0 Å². The van der Waals surface area contributed by atoms with Gasteiger partial charge in [0, 0.05) is 112 Å². The van der Waals surface area contributed by atoms with E-state index in [2.05, 4.69) is 9.47 Å². The molecule has 10 rings (SSSR count). The molecule has 5 aliphatic rings. The fourth-order valence-corrected chi connectivity index (χ4v) is 7.85. The van der Waals surface area contributed by atoms with Crippen LogP contribution < -0.4 is 0 Å². The molecule has 0 spiro atoms. The van der Waals surface area contributed by atoms with Gasteiger partial charge in [-0.2, -0.15) is 0 Å². The van der Waals surface area contributed by atoms with E-state index in [1.54, 1.807) is 0 Å². The lowest BCUT2D eigenvalue weighted by Crippen LogP contribution is -2.40. The average molecular weight is 1280 g/mol. The Morgan fingerprint density at radius 3 is 1.21 bits per heavy atom. The molecule has 0 aromatic heterocycles. The third-order valence-electron chi connectivity index (χ3n) is 11.2. The first-order valence-corrected chi connectivity index (χ1v) is 29.0. The summed E-state index contributed by atoms with van der Waals surface area (Å²) >= 11 is 39.3. The minimum absolute atomic E-state index is 0.00694. The molecule has 5 fully saturated rings. The van der Waals surface area contributed by atoms with Gasteiger partial charge >= 0.3 is 0 Å². The molecule has 0 N–H and O–H groups in total. The largest absolute Gasteiger partial charge is 0.374 e. The number of ketones is 2. The highest BCUT2D eigenvalue weighted by Crippen LogP contribution is 2.15. The van der Waals surface area contributed by atoms with Crippen molar-refractivity contribution >= 4 is 110 Å². The van der Waals surface area contributed by atoms with E-state index in [4.69, 9.17) is 115 Å². The van der Waals surface area contributed by atoms with Crippen molar-refractivity contribution < 1.29 is 66.8 Å². The second-order valence-electron chi connectivity index (χ2n) is 17.5. The van der Waals surface area contributed by atoms with Gasteiger partial charge in [-0.25, -0.2) is 0 Å². The maximum Gasteiger partial charge on any atom is 0.248 e. The Labute approximate surface area is 538 Å². The van der Waals surface area contributed by atoms with Crippen LogP contribution in [0.2, 0.25) is 0 Å². The van der Waals surface area contributed by atoms with Gasteiger partial charge in [0.15, 0.2) is 11.6 Å². The van der Waals surface area contributed by atoms with Crippen LogP contribution in [-0.4, -0.2) is 129 Å². The third-order valence-corrected chi connectivity index (χ3v) is 13.3. The molecular weight excluding hydrogens is 1190 g/mol. The van der Waals surface area contributed by atoms with Crippen molar-refractivity contribution in [3.63, 3.8) is 0 Å². The molecule has 5 saturated heterocycles. The van der Waals surface area contributed by atoms with E-state index in [0.29, 0.717) is 48.2 Å². The van der Waals surface area contributed by atoms with Gasteiger partial charge in [0.25, 0.3) is 0 Å². The number of ether oxygens (including phenoxy) is 5. The average Bonchev–Trinajstić information content (AvgIpc) is 0.775. The van der Waals surface area contributed by atoms with Gasteiger partial charge < -0.3 is 38.4 Å². The lowest BCUT2D eigenvalue weighted by Gasteiger charge is -2.26. The first kappa shape index (κ1) is 51.0. The molecule has 0 radical (unpaired) electrons. The van der Waals surface area contributed by atoms with Gasteiger partial charge in [-0.15, -0.1) is 81.2 Å². The quantitative estimate of drug-likeness (QED) is 0.105. The Morgan fingerprint density at radius 1 is 0.390 bits per heavy atom. The molecule has 0 unspecified atom stereocenters. The first-order chi connectivity index (χ1) is 44.9. The third kappa shape index (κ3) is 29.0. The van der Waals surface area contributed by atoms with E-state index in [1.807, 2.05) is 97.1 Å². The van der Waals surface area contributed by atoms with Gasteiger partial charge in [0.2, 0.25) is 17.7 Å². The summed E-state index contributed by atoms with van der Waals surface area (Å²) in [6.07, 6.45) is -0.902. The molecule has 0 saturated carbocycles. The highest BCUT2D eigenvalue weighted by Gasteiger charge is 2.20. The maximum absolute atomic E-state index is 12.0. The van der Waals surface area contributed by atoms with Crippen LogP contribution >= 0.6 is 81.2 Å². The van der Waals surface area contributed by atoms with Crippen LogP contribution in [0.5, 0.6) is 0 Å². The number of amides is 3. The van der Waals surface area contributed by atoms with E-state index in [0.717, 1.165) is 49.4 Å². The van der Waals surface area contributed by atoms with Crippen LogP contribution in [0.25, 0.3) is 0 Å². The Morgan fingerprint density at radius 2 is 0.793 bits per heavy atom. The second-order valence-corrected chi connectivity index (χ2v) is 19.3. The fraction of sp³-hybridized carbons (Fsp3) is 0.435. The lowest BCUT2D eigenvalue weighted by atomic mass is 10.1. The molecule has 3 amide bonds. The zero-order chi connectivity index (χ0) is 71.7. The Hall–Kier alpha value is -4.32. The van der Waals surface area contributed by atoms with Crippen molar-refractivity contribution in [1.82, 2.24) is 14.7 Å². The molecule has 0 bridgehead atoms. The molecule has 20 heteroatoms. The normalized spacial score (nSPS) is 21.9. The van der Waals surface area contributed by atoms with E-state index >= 15 is 0 Å². The van der Waals surface area contributed by atoms with Crippen molar-refractivity contribution in [3.8, 4) is 0 Å². The number of benzene rings is 5. The van der Waals surface area contributed by atoms with Crippen LogP contribution in [0.15, 0.2) is 121 Å². The first-order valence-electron chi connectivity index (χ1n) is 32.4. The number of Topliss-reactive ketones (excluding diaryl/α,β-unsaturated/α-hetero) is 2. The number of carbonyl (C=O) groups excluding carboxylic acids is 5. The molecular formula is C62H74Cl7N3O10. The molecule has 5 aromatic carbocycles. The number of alkyl halides is 7. The molecule has 0 atom stereocenters. The lowest BCUT2D eigenvalue weighted by molar-refractivity contribution is -0.144. The minimum atomic E-state index is -2.56. The fourth-order valence-electron chi connectivity index (χ4n) is 6.66.